The molecule has 0 radical (unpaired) electrons. The summed E-state index contributed by atoms with van der Waals surface area (Å²) in [5.41, 5.74) is 2.16. The van der Waals surface area contributed by atoms with Gasteiger partial charge in [0.05, 0.1) is 14.2 Å². The Labute approximate surface area is 204 Å². The quantitative estimate of drug-likeness (QED) is 0.429. The minimum absolute atomic E-state index is 0.215. The Kier molecular flexibility index (Phi) is 8.35. The summed E-state index contributed by atoms with van der Waals surface area (Å²) in [5.74, 6) is -0.993. The Morgan fingerprint density at radius 2 is 1.71 bits per heavy atom. The normalized spacial score (nSPS) is 10.7. The Balaban J connectivity index is 1.91. The van der Waals surface area contributed by atoms with Gasteiger partial charge < -0.3 is 29.4 Å². The number of nitrogens with one attached hydrogen (secondary N) is 1. The van der Waals surface area contributed by atoms with Crippen molar-refractivity contribution in [2.45, 2.75) is 33.2 Å². The van der Waals surface area contributed by atoms with E-state index in [-0.39, 0.29) is 18.8 Å². The molecule has 0 atom stereocenters. The van der Waals surface area contributed by atoms with Crippen LogP contribution in [-0.4, -0.2) is 59.7 Å². The zero-order valence-corrected chi connectivity index (χ0v) is 20.5. The fourth-order valence-electron chi connectivity index (χ4n) is 3.98. The van der Waals surface area contributed by atoms with E-state index in [1.54, 1.807) is 30.3 Å². The van der Waals surface area contributed by atoms with Crippen LogP contribution in [0, 0.1) is 6.92 Å². The smallest absolute Gasteiger partial charge is 0.323 e. The summed E-state index contributed by atoms with van der Waals surface area (Å²) < 4.78 is 12.3. The maximum Gasteiger partial charge on any atom is 0.323 e. The zero-order valence-electron chi connectivity index (χ0n) is 20.5. The number of ether oxygens (including phenoxy) is 2. The molecule has 0 bridgehead atoms. The highest BCUT2D eigenvalue weighted by Crippen LogP contribution is 2.36. The summed E-state index contributed by atoms with van der Waals surface area (Å²) in [6.45, 7) is 3.65. The molecular formula is C26H31N3O6. The molecule has 3 rings (SSSR count). The van der Waals surface area contributed by atoms with Crippen LogP contribution in [0.15, 0.2) is 42.5 Å². The lowest BCUT2D eigenvalue weighted by Crippen LogP contribution is -2.39. The van der Waals surface area contributed by atoms with E-state index in [0.717, 1.165) is 17.4 Å². The van der Waals surface area contributed by atoms with Gasteiger partial charge in [-0.05, 0) is 43.2 Å². The number of para-hydroxylation sites is 1. The summed E-state index contributed by atoms with van der Waals surface area (Å²) in [6.07, 6.45) is 1.51. The summed E-state index contributed by atoms with van der Waals surface area (Å²) in [7, 11) is 3.00. The number of carbonyl (C=O) groups is 3. The van der Waals surface area contributed by atoms with Gasteiger partial charge in [0.1, 0.15) is 36.0 Å². The summed E-state index contributed by atoms with van der Waals surface area (Å²) in [5, 5.41) is 13.0. The number of methoxy groups -OCH3 is 2. The number of aliphatic carboxylic acids is 1. The van der Waals surface area contributed by atoms with Gasteiger partial charge in [-0.3, -0.25) is 14.4 Å². The van der Waals surface area contributed by atoms with E-state index in [4.69, 9.17) is 9.47 Å². The first-order valence-electron chi connectivity index (χ1n) is 11.4. The number of unbranched alkanes of at least 4 members (excludes halogenated alkanes) is 1. The molecule has 2 amide bonds. The molecule has 1 aromatic heterocycles. The molecule has 0 saturated carbocycles. The Hall–Kier alpha value is -4.01. The number of nitrogens with zero attached hydrogens (tertiary/aromatic N) is 2. The maximum absolute atomic E-state index is 13.6. The van der Waals surface area contributed by atoms with Crippen molar-refractivity contribution in [1.82, 2.24) is 9.47 Å². The summed E-state index contributed by atoms with van der Waals surface area (Å²) >= 11 is 0. The fourth-order valence-corrected chi connectivity index (χ4v) is 3.98. The van der Waals surface area contributed by atoms with Gasteiger partial charge >= 0.3 is 5.97 Å². The number of aryl methyl sites for hydroxylation is 1. The first-order valence-corrected chi connectivity index (χ1v) is 11.4. The number of anilines is 1. The first kappa shape index (κ1) is 25.6. The largest absolute Gasteiger partial charge is 0.494 e. The Bertz CT molecular complexity index is 1210. The SMILES string of the molecule is CCCCN(CC(=O)Nc1c(OC)cc(C)cc1OC)C(=O)c1cc2ccccc2n1CC(=O)O. The lowest BCUT2D eigenvalue weighted by Gasteiger charge is -2.23. The minimum Gasteiger partial charge on any atom is -0.494 e. The van der Waals surface area contributed by atoms with Crippen LogP contribution in [0.1, 0.15) is 35.8 Å². The van der Waals surface area contributed by atoms with E-state index in [1.165, 1.54) is 23.7 Å². The van der Waals surface area contributed by atoms with Gasteiger partial charge in [-0.2, -0.15) is 0 Å². The topological polar surface area (TPSA) is 110 Å². The third-order valence-corrected chi connectivity index (χ3v) is 5.64. The standard InChI is InChI=1S/C26H31N3O6/c1-5-6-11-28(15-23(30)27-25-21(34-3)12-17(2)13-22(25)35-4)26(33)20-14-18-9-7-8-10-19(18)29(20)16-24(31)32/h7-10,12-14H,5-6,11,15-16H2,1-4H3,(H,27,30)(H,31,32). The van der Waals surface area contributed by atoms with Crippen molar-refractivity contribution in [3.63, 3.8) is 0 Å². The van der Waals surface area contributed by atoms with Crippen molar-refractivity contribution in [3.8, 4) is 11.5 Å². The van der Waals surface area contributed by atoms with Gasteiger partial charge in [-0.15, -0.1) is 0 Å². The molecule has 3 aromatic rings. The van der Waals surface area contributed by atoms with E-state index < -0.39 is 17.8 Å². The predicted molar refractivity (Wildman–Crippen MR) is 133 cm³/mol. The third-order valence-electron chi connectivity index (χ3n) is 5.64. The Morgan fingerprint density at radius 3 is 2.31 bits per heavy atom. The third kappa shape index (κ3) is 5.92. The highest BCUT2D eigenvalue weighted by Gasteiger charge is 2.25. The van der Waals surface area contributed by atoms with Crippen LogP contribution in [0.5, 0.6) is 11.5 Å². The molecule has 0 fully saturated rings. The second kappa shape index (κ2) is 11.4. The molecule has 0 aliphatic carbocycles. The number of fused-ring (bicyclic) bond motifs is 1. The molecular weight excluding hydrogens is 450 g/mol. The van der Waals surface area contributed by atoms with Gasteiger partial charge in [0.2, 0.25) is 5.91 Å². The molecule has 2 aromatic carbocycles. The van der Waals surface area contributed by atoms with E-state index >= 15 is 0 Å². The zero-order chi connectivity index (χ0) is 25.5. The average Bonchev–Trinajstić information content (AvgIpc) is 3.19. The number of hydrogen-bond donors (Lipinski definition) is 2. The molecule has 0 aliphatic rings. The second-order valence-electron chi connectivity index (χ2n) is 8.24. The number of hydrogen-bond acceptors (Lipinski definition) is 5. The van der Waals surface area contributed by atoms with Crippen molar-refractivity contribution in [3.05, 3.63) is 53.7 Å². The molecule has 9 nitrogen and oxygen atoms in total. The molecule has 1 heterocycles. The van der Waals surface area contributed by atoms with E-state index in [0.29, 0.717) is 35.7 Å². The van der Waals surface area contributed by atoms with Crippen LogP contribution < -0.4 is 14.8 Å². The molecule has 35 heavy (non-hydrogen) atoms. The number of amides is 2. The van der Waals surface area contributed by atoms with Crippen LogP contribution in [0.25, 0.3) is 10.9 Å². The molecule has 9 heteroatoms. The lowest BCUT2D eigenvalue weighted by atomic mass is 10.2. The van der Waals surface area contributed by atoms with Crippen molar-refractivity contribution in [2.24, 2.45) is 0 Å². The molecule has 2 N–H and O–H groups in total. The molecule has 0 saturated heterocycles. The van der Waals surface area contributed by atoms with Crippen LogP contribution in [0.2, 0.25) is 0 Å². The van der Waals surface area contributed by atoms with Crippen LogP contribution >= 0.6 is 0 Å². The molecule has 0 spiro atoms. The van der Waals surface area contributed by atoms with Crippen LogP contribution in [-0.2, 0) is 16.1 Å². The van der Waals surface area contributed by atoms with Gasteiger partial charge in [0, 0.05) is 17.4 Å². The number of rotatable bonds is 11. The first-order chi connectivity index (χ1) is 16.8. The van der Waals surface area contributed by atoms with Gasteiger partial charge in [-0.1, -0.05) is 31.5 Å². The Morgan fingerprint density at radius 1 is 1.06 bits per heavy atom. The summed E-state index contributed by atoms with van der Waals surface area (Å²) in [4.78, 5) is 39.6. The number of carboxylic acids is 1. The molecule has 186 valence electrons. The number of aromatic nitrogens is 1. The van der Waals surface area contributed by atoms with E-state index in [2.05, 4.69) is 5.32 Å². The molecule has 0 aliphatic heterocycles. The minimum atomic E-state index is -1.06. The second-order valence-corrected chi connectivity index (χ2v) is 8.24. The number of benzene rings is 2. The van der Waals surface area contributed by atoms with Crippen LogP contribution in [0.3, 0.4) is 0 Å². The highest BCUT2D eigenvalue weighted by atomic mass is 16.5. The fraction of sp³-hybridized carbons (Fsp3) is 0.346. The maximum atomic E-state index is 13.6. The lowest BCUT2D eigenvalue weighted by molar-refractivity contribution is -0.137. The van der Waals surface area contributed by atoms with Gasteiger partial charge in [0.15, 0.2) is 0 Å². The average molecular weight is 482 g/mol. The van der Waals surface area contributed by atoms with Crippen molar-refractivity contribution < 1.29 is 29.0 Å². The van der Waals surface area contributed by atoms with Gasteiger partial charge in [-0.25, -0.2) is 0 Å². The monoisotopic (exact) mass is 481 g/mol. The van der Waals surface area contributed by atoms with Crippen molar-refractivity contribution in [1.29, 1.82) is 0 Å². The van der Waals surface area contributed by atoms with Crippen LogP contribution in [0.4, 0.5) is 5.69 Å². The van der Waals surface area contributed by atoms with Gasteiger partial charge in [0.25, 0.3) is 5.91 Å². The molecule has 0 unspecified atom stereocenters. The number of carboxylic acid groups (broad SMARTS) is 1. The van der Waals surface area contributed by atoms with Crippen molar-refractivity contribution >= 4 is 34.4 Å². The van der Waals surface area contributed by atoms with E-state index in [1.807, 2.05) is 26.0 Å². The summed E-state index contributed by atoms with van der Waals surface area (Å²) in [6, 6.07) is 12.4. The van der Waals surface area contributed by atoms with Crippen molar-refractivity contribution in [2.75, 3.05) is 32.6 Å². The predicted octanol–water partition coefficient (Wildman–Crippen LogP) is 3.93. The highest BCUT2D eigenvalue weighted by molar-refractivity contribution is 6.02. The van der Waals surface area contributed by atoms with E-state index in [9.17, 15) is 19.5 Å². The number of carbonyl (C=O) groups excluding carboxylic acids is 2.